The number of hydrogen-bond acceptors (Lipinski definition) is 5. The van der Waals surface area contributed by atoms with Gasteiger partial charge in [0.15, 0.2) is 0 Å². The summed E-state index contributed by atoms with van der Waals surface area (Å²) in [6.07, 6.45) is 7.82. The van der Waals surface area contributed by atoms with Gasteiger partial charge in [-0.3, -0.25) is 14.5 Å². The molecule has 1 N–H and O–H groups in total. The normalized spacial score (nSPS) is 17.4. The number of nitrogens with one attached hydrogen (secondary N) is 1. The molecule has 0 bridgehead atoms. The van der Waals surface area contributed by atoms with Crippen LogP contribution in [0.4, 0.5) is 5.69 Å². The number of nitrogens with zero attached hydrogens (tertiary/aromatic N) is 2. The van der Waals surface area contributed by atoms with E-state index >= 15 is 0 Å². The number of benzene rings is 2. The fraction of sp³-hybridized carbons (Fsp3) is 0.533. The van der Waals surface area contributed by atoms with Crippen molar-refractivity contribution in [3.05, 3.63) is 53.6 Å². The van der Waals surface area contributed by atoms with Crippen LogP contribution in [0.5, 0.6) is 11.5 Å². The fourth-order valence-corrected chi connectivity index (χ4v) is 5.63. The molecule has 1 saturated carbocycles. The smallest absolute Gasteiger partial charge is 0.253 e. The van der Waals surface area contributed by atoms with Crippen molar-refractivity contribution in [2.24, 2.45) is 5.92 Å². The Morgan fingerprint density at radius 2 is 1.57 bits per heavy atom. The summed E-state index contributed by atoms with van der Waals surface area (Å²) in [5, 5.41) is 3.12. The summed E-state index contributed by atoms with van der Waals surface area (Å²) in [7, 11) is 3.20. The van der Waals surface area contributed by atoms with Gasteiger partial charge >= 0.3 is 0 Å². The third kappa shape index (κ3) is 6.83. The van der Waals surface area contributed by atoms with E-state index in [-0.39, 0.29) is 17.9 Å². The Labute approximate surface area is 221 Å². The Kier molecular flexibility index (Phi) is 9.45. The van der Waals surface area contributed by atoms with Crippen LogP contribution in [0, 0.1) is 5.92 Å². The second kappa shape index (κ2) is 13.0. The van der Waals surface area contributed by atoms with E-state index in [0.717, 1.165) is 44.1 Å². The highest BCUT2D eigenvalue weighted by atomic mass is 16.5. The number of aryl methyl sites for hydroxylation is 1. The summed E-state index contributed by atoms with van der Waals surface area (Å²) in [4.78, 5) is 31.0. The van der Waals surface area contributed by atoms with Crippen LogP contribution >= 0.6 is 0 Å². The van der Waals surface area contributed by atoms with Crippen molar-refractivity contribution in [2.75, 3.05) is 45.7 Å². The number of unbranched alkanes of at least 4 members (excludes halogenated alkanes) is 1. The van der Waals surface area contributed by atoms with Crippen LogP contribution < -0.4 is 14.8 Å². The van der Waals surface area contributed by atoms with Gasteiger partial charge in [-0.15, -0.1) is 0 Å². The largest absolute Gasteiger partial charge is 0.497 e. The lowest BCUT2D eigenvalue weighted by Crippen LogP contribution is -2.56. The van der Waals surface area contributed by atoms with Gasteiger partial charge in [-0.25, -0.2) is 0 Å². The highest BCUT2D eigenvalue weighted by molar-refractivity contribution is 5.96. The molecule has 4 rings (SSSR count). The van der Waals surface area contributed by atoms with Crippen LogP contribution in [0.1, 0.15) is 61.4 Å². The maximum absolute atomic E-state index is 13.6. The average Bonchev–Trinajstić information content (AvgIpc) is 3.46. The minimum absolute atomic E-state index is 0.00431. The zero-order valence-electron chi connectivity index (χ0n) is 22.5. The van der Waals surface area contributed by atoms with E-state index in [0.29, 0.717) is 49.3 Å². The zero-order chi connectivity index (χ0) is 26.2. The van der Waals surface area contributed by atoms with Crippen LogP contribution in [0.3, 0.4) is 0 Å². The third-order valence-corrected chi connectivity index (χ3v) is 7.75. The summed E-state index contributed by atoms with van der Waals surface area (Å²) >= 11 is 0. The number of carbonyl (C=O) groups is 2. The summed E-state index contributed by atoms with van der Waals surface area (Å²) in [5.74, 6) is 1.68. The molecule has 37 heavy (non-hydrogen) atoms. The lowest BCUT2D eigenvalue weighted by atomic mass is 9.94. The first-order chi connectivity index (χ1) is 18.0. The summed E-state index contributed by atoms with van der Waals surface area (Å²) < 4.78 is 10.7. The molecule has 1 saturated heterocycles. The Bertz CT molecular complexity index is 1020. The molecule has 7 nitrogen and oxygen atoms in total. The Morgan fingerprint density at radius 1 is 0.946 bits per heavy atom. The molecule has 7 heteroatoms. The molecule has 2 fully saturated rings. The van der Waals surface area contributed by atoms with Crippen LogP contribution in [0.2, 0.25) is 0 Å². The molecule has 1 unspecified atom stereocenters. The topological polar surface area (TPSA) is 71.1 Å². The monoisotopic (exact) mass is 507 g/mol. The van der Waals surface area contributed by atoms with E-state index in [2.05, 4.69) is 29.3 Å². The van der Waals surface area contributed by atoms with E-state index in [9.17, 15) is 9.59 Å². The number of amides is 2. The minimum atomic E-state index is -0.213. The first-order valence-corrected chi connectivity index (χ1v) is 13.7. The number of ether oxygens (including phenoxy) is 2. The number of carbonyl (C=O) groups excluding carboxylic acids is 2. The highest BCUT2D eigenvalue weighted by Gasteiger charge is 2.37. The molecule has 0 spiro atoms. The summed E-state index contributed by atoms with van der Waals surface area (Å²) in [6.45, 7) is 4.82. The van der Waals surface area contributed by atoms with Gasteiger partial charge in [-0.1, -0.05) is 38.3 Å². The van der Waals surface area contributed by atoms with E-state index in [1.807, 2.05) is 29.2 Å². The molecule has 1 heterocycles. The lowest BCUT2D eigenvalue weighted by Gasteiger charge is -2.40. The van der Waals surface area contributed by atoms with E-state index in [1.165, 1.54) is 12.0 Å². The van der Waals surface area contributed by atoms with E-state index in [4.69, 9.17) is 9.47 Å². The SMILES string of the molecule is CCCCc1ccc(C(=O)N2CCN(C(C(=O)Nc3cc(OC)cc(OC)c3)C3CCCC3)CC2)cc1. The van der Waals surface area contributed by atoms with Crippen molar-refractivity contribution in [1.29, 1.82) is 0 Å². The third-order valence-electron chi connectivity index (χ3n) is 7.75. The number of hydrogen-bond donors (Lipinski definition) is 1. The number of rotatable bonds is 10. The number of methoxy groups -OCH3 is 2. The van der Waals surface area contributed by atoms with Crippen molar-refractivity contribution in [3.63, 3.8) is 0 Å². The van der Waals surface area contributed by atoms with Gasteiger partial charge in [0.05, 0.1) is 20.3 Å². The molecule has 200 valence electrons. The van der Waals surface area contributed by atoms with Crippen molar-refractivity contribution < 1.29 is 19.1 Å². The molecular formula is C30H41N3O4. The molecule has 0 radical (unpaired) electrons. The van der Waals surface area contributed by atoms with Crippen LogP contribution in [0.25, 0.3) is 0 Å². The van der Waals surface area contributed by atoms with Crippen molar-refractivity contribution in [2.45, 2.75) is 57.9 Å². The van der Waals surface area contributed by atoms with E-state index < -0.39 is 0 Å². The molecular weight excluding hydrogens is 466 g/mol. The second-order valence-corrected chi connectivity index (χ2v) is 10.2. The molecule has 0 aromatic heterocycles. The number of piperazine rings is 1. The average molecular weight is 508 g/mol. The van der Waals surface area contributed by atoms with Gasteiger partial charge in [0, 0.05) is 55.6 Å². The van der Waals surface area contributed by atoms with Gasteiger partial charge in [0.25, 0.3) is 5.91 Å². The van der Waals surface area contributed by atoms with Crippen molar-refractivity contribution in [1.82, 2.24) is 9.80 Å². The summed E-state index contributed by atoms with van der Waals surface area (Å²) in [5.41, 5.74) is 2.69. The first kappa shape index (κ1) is 27.0. The van der Waals surface area contributed by atoms with E-state index in [1.54, 1.807) is 20.3 Å². The summed E-state index contributed by atoms with van der Waals surface area (Å²) in [6, 6.07) is 13.3. The first-order valence-electron chi connectivity index (χ1n) is 13.7. The van der Waals surface area contributed by atoms with Crippen LogP contribution in [0.15, 0.2) is 42.5 Å². The molecule has 2 aromatic rings. The quantitative estimate of drug-likeness (QED) is 0.490. The molecule has 1 aliphatic heterocycles. The maximum atomic E-state index is 13.6. The second-order valence-electron chi connectivity index (χ2n) is 10.2. The molecule has 2 aliphatic rings. The van der Waals surface area contributed by atoms with Crippen LogP contribution in [-0.4, -0.2) is 68.1 Å². The standard InChI is InChI=1S/C30H41N3O4/c1-4-5-8-22-11-13-24(14-12-22)30(35)33-17-15-32(16-18-33)28(23-9-6-7-10-23)29(34)31-25-19-26(36-2)21-27(20-25)37-3/h11-14,19-21,23,28H,4-10,15-18H2,1-3H3,(H,31,34). The fourth-order valence-electron chi connectivity index (χ4n) is 5.63. The molecule has 2 amide bonds. The van der Waals surface area contributed by atoms with Crippen molar-refractivity contribution in [3.8, 4) is 11.5 Å². The zero-order valence-corrected chi connectivity index (χ0v) is 22.5. The van der Waals surface area contributed by atoms with Gasteiger partial charge < -0.3 is 19.7 Å². The maximum Gasteiger partial charge on any atom is 0.253 e. The molecule has 2 aromatic carbocycles. The van der Waals surface area contributed by atoms with Gasteiger partial charge in [0.1, 0.15) is 11.5 Å². The Hall–Kier alpha value is -3.06. The highest BCUT2D eigenvalue weighted by Crippen LogP contribution is 2.33. The molecule has 1 atom stereocenters. The van der Waals surface area contributed by atoms with Crippen molar-refractivity contribution >= 4 is 17.5 Å². The van der Waals surface area contributed by atoms with Gasteiger partial charge in [-0.2, -0.15) is 0 Å². The van der Waals surface area contributed by atoms with Crippen LogP contribution in [-0.2, 0) is 11.2 Å². The number of anilines is 1. The molecule has 1 aliphatic carbocycles. The predicted octanol–water partition coefficient (Wildman–Crippen LogP) is 5.00. The lowest BCUT2D eigenvalue weighted by molar-refractivity contribution is -0.123. The predicted molar refractivity (Wildman–Crippen MR) is 146 cm³/mol. The Balaban J connectivity index is 1.41. The van der Waals surface area contributed by atoms with Gasteiger partial charge in [-0.05, 0) is 49.3 Å². The Morgan fingerprint density at radius 3 is 2.14 bits per heavy atom. The minimum Gasteiger partial charge on any atom is -0.497 e. The van der Waals surface area contributed by atoms with Gasteiger partial charge in [0.2, 0.25) is 5.91 Å².